The van der Waals surface area contributed by atoms with Crippen molar-refractivity contribution in [3.63, 3.8) is 0 Å². The van der Waals surface area contributed by atoms with Gasteiger partial charge in [-0.05, 0) is 106 Å². The number of oxazole rings is 1. The SMILES string of the molecule is CCN(CC)C(CC1CCC(C(c2cccs2)N(C)C)CC1)c1nc(Cc2ccccc2)c(N2CCC(Cc3ccccc3)CC2)o1. The van der Waals surface area contributed by atoms with Crippen LogP contribution >= 0.6 is 11.3 Å². The smallest absolute Gasteiger partial charge is 0.219 e. The van der Waals surface area contributed by atoms with Gasteiger partial charge in [-0.3, -0.25) is 4.90 Å². The van der Waals surface area contributed by atoms with Crippen LogP contribution in [-0.4, -0.2) is 55.1 Å². The van der Waals surface area contributed by atoms with Crippen molar-refractivity contribution in [3.05, 3.63) is 106 Å². The number of hydrogen-bond acceptors (Lipinski definition) is 6. The fraction of sp³-hybridized carbons (Fsp3) is 0.537. The minimum atomic E-state index is 0.215. The van der Waals surface area contributed by atoms with Crippen LogP contribution in [0, 0.1) is 17.8 Å². The number of piperidine rings is 1. The maximum Gasteiger partial charge on any atom is 0.219 e. The van der Waals surface area contributed by atoms with Gasteiger partial charge in [-0.15, -0.1) is 11.3 Å². The van der Waals surface area contributed by atoms with Crippen LogP contribution < -0.4 is 4.90 Å². The number of thiophene rings is 1. The molecule has 2 aliphatic rings. The maximum atomic E-state index is 6.98. The summed E-state index contributed by atoms with van der Waals surface area (Å²) in [6, 6.07) is 27.1. The topological polar surface area (TPSA) is 35.8 Å². The van der Waals surface area contributed by atoms with Gasteiger partial charge in [-0.2, -0.15) is 0 Å². The first-order chi connectivity index (χ1) is 23.0. The molecule has 0 amide bonds. The zero-order valence-electron chi connectivity index (χ0n) is 29.2. The fourth-order valence-corrected chi connectivity index (χ4v) is 9.45. The highest BCUT2D eigenvalue weighted by atomic mass is 32.1. The van der Waals surface area contributed by atoms with Gasteiger partial charge >= 0.3 is 0 Å². The van der Waals surface area contributed by atoms with E-state index in [9.17, 15) is 0 Å². The molecule has 0 spiro atoms. The third-order valence-electron chi connectivity index (χ3n) is 11.0. The van der Waals surface area contributed by atoms with Crippen molar-refractivity contribution in [3.8, 4) is 0 Å². The predicted octanol–water partition coefficient (Wildman–Crippen LogP) is 9.67. The average molecular weight is 653 g/mol. The van der Waals surface area contributed by atoms with E-state index in [1.807, 2.05) is 11.3 Å². The number of anilines is 1. The summed E-state index contributed by atoms with van der Waals surface area (Å²) >= 11 is 1.91. The van der Waals surface area contributed by atoms with Gasteiger partial charge in [0, 0.05) is 30.4 Å². The highest BCUT2D eigenvalue weighted by molar-refractivity contribution is 7.10. The molecule has 2 aromatic heterocycles. The molecule has 252 valence electrons. The summed E-state index contributed by atoms with van der Waals surface area (Å²) < 4.78 is 6.98. The van der Waals surface area contributed by atoms with E-state index in [0.29, 0.717) is 12.0 Å². The Labute approximate surface area is 288 Å². The van der Waals surface area contributed by atoms with Crippen LogP contribution in [0.15, 0.2) is 82.6 Å². The molecule has 2 atom stereocenters. The average Bonchev–Trinajstić information content (AvgIpc) is 3.78. The first kappa shape index (κ1) is 34.0. The maximum absolute atomic E-state index is 6.98. The van der Waals surface area contributed by atoms with E-state index in [1.165, 1.54) is 60.9 Å². The Bertz CT molecular complexity index is 1450. The Kier molecular flexibility index (Phi) is 11.9. The summed E-state index contributed by atoms with van der Waals surface area (Å²) in [5.74, 6) is 4.10. The summed E-state index contributed by atoms with van der Waals surface area (Å²) in [7, 11) is 4.51. The van der Waals surface area contributed by atoms with Crippen LogP contribution in [0.25, 0.3) is 0 Å². The monoisotopic (exact) mass is 652 g/mol. The van der Waals surface area contributed by atoms with E-state index in [4.69, 9.17) is 9.40 Å². The molecule has 0 N–H and O–H groups in total. The molecule has 3 heterocycles. The second-order valence-corrected chi connectivity index (χ2v) is 15.2. The van der Waals surface area contributed by atoms with Gasteiger partial charge in [0.05, 0.1) is 6.04 Å². The molecule has 6 heteroatoms. The number of nitrogens with zero attached hydrogens (tertiary/aromatic N) is 4. The standard InChI is InChI=1S/C41H56N4OS/c1-5-44(6-2)37(30-33-19-21-35(22-20-33)39(43(3)4)38-18-13-27-47-38)40-42-36(29-32-16-11-8-12-17-32)41(46-40)45-25-23-34(24-26-45)28-31-14-9-7-10-15-31/h7-18,27,33-35,37,39H,5-6,19-26,28-30H2,1-4H3. The summed E-state index contributed by atoms with van der Waals surface area (Å²) in [6.45, 7) is 8.67. The van der Waals surface area contributed by atoms with Gasteiger partial charge in [-0.1, -0.05) is 93.4 Å². The van der Waals surface area contributed by atoms with Crippen molar-refractivity contribution in [2.45, 2.75) is 83.7 Å². The summed E-state index contributed by atoms with van der Waals surface area (Å²) in [5, 5.41) is 2.23. The minimum absolute atomic E-state index is 0.215. The summed E-state index contributed by atoms with van der Waals surface area (Å²) in [6.07, 6.45) is 10.7. The van der Waals surface area contributed by atoms with Crippen molar-refractivity contribution in [1.82, 2.24) is 14.8 Å². The van der Waals surface area contributed by atoms with Crippen LogP contribution in [0.3, 0.4) is 0 Å². The molecule has 4 aromatic rings. The third-order valence-corrected chi connectivity index (χ3v) is 11.9. The van der Waals surface area contributed by atoms with E-state index in [2.05, 4.69) is 121 Å². The molecular formula is C41H56N4OS. The Morgan fingerprint density at radius 3 is 2.06 bits per heavy atom. The van der Waals surface area contributed by atoms with Gasteiger partial charge in [0.2, 0.25) is 11.8 Å². The normalized spacial score (nSPS) is 20.6. The van der Waals surface area contributed by atoms with Crippen molar-refractivity contribution < 1.29 is 4.42 Å². The summed E-state index contributed by atoms with van der Waals surface area (Å²) in [5.41, 5.74) is 3.86. The Balaban J connectivity index is 1.19. The number of rotatable bonds is 14. The molecule has 2 aromatic carbocycles. The molecule has 2 unspecified atom stereocenters. The lowest BCUT2D eigenvalue weighted by molar-refractivity contribution is 0.113. The zero-order valence-corrected chi connectivity index (χ0v) is 30.0. The van der Waals surface area contributed by atoms with Crippen LogP contribution in [-0.2, 0) is 12.8 Å². The van der Waals surface area contributed by atoms with E-state index >= 15 is 0 Å². The Morgan fingerprint density at radius 1 is 0.809 bits per heavy atom. The van der Waals surface area contributed by atoms with Crippen molar-refractivity contribution in [2.75, 3.05) is 45.2 Å². The van der Waals surface area contributed by atoms with E-state index in [1.54, 1.807) is 0 Å². The van der Waals surface area contributed by atoms with Crippen molar-refractivity contribution in [2.24, 2.45) is 17.8 Å². The molecule has 1 aliphatic heterocycles. The molecule has 1 aliphatic carbocycles. The predicted molar refractivity (Wildman–Crippen MR) is 197 cm³/mol. The highest BCUT2D eigenvalue weighted by Crippen LogP contribution is 2.44. The molecule has 1 saturated heterocycles. The van der Waals surface area contributed by atoms with Gasteiger partial charge < -0.3 is 14.2 Å². The molecule has 6 rings (SSSR count). The van der Waals surface area contributed by atoms with E-state index in [0.717, 1.165) is 68.3 Å². The molecule has 1 saturated carbocycles. The Morgan fingerprint density at radius 2 is 1.47 bits per heavy atom. The quantitative estimate of drug-likeness (QED) is 0.136. The summed E-state index contributed by atoms with van der Waals surface area (Å²) in [4.78, 5) is 14.5. The van der Waals surface area contributed by atoms with Gasteiger partial charge in [-0.25, -0.2) is 4.98 Å². The molecular weight excluding hydrogens is 597 g/mol. The lowest BCUT2D eigenvalue weighted by Crippen LogP contribution is -2.34. The van der Waals surface area contributed by atoms with Crippen LogP contribution in [0.2, 0.25) is 0 Å². The first-order valence-corrected chi connectivity index (χ1v) is 19.2. The van der Waals surface area contributed by atoms with Crippen LogP contribution in [0.5, 0.6) is 0 Å². The second-order valence-electron chi connectivity index (χ2n) is 14.3. The highest BCUT2D eigenvalue weighted by Gasteiger charge is 2.35. The molecule has 0 bridgehead atoms. The zero-order chi connectivity index (χ0) is 32.6. The molecule has 0 radical (unpaired) electrons. The van der Waals surface area contributed by atoms with Crippen molar-refractivity contribution in [1.29, 1.82) is 0 Å². The lowest BCUT2D eigenvalue weighted by atomic mass is 9.75. The largest absolute Gasteiger partial charge is 0.423 e. The fourth-order valence-electron chi connectivity index (χ4n) is 8.44. The third kappa shape index (κ3) is 8.57. The minimum Gasteiger partial charge on any atom is -0.423 e. The van der Waals surface area contributed by atoms with Crippen molar-refractivity contribution >= 4 is 17.2 Å². The van der Waals surface area contributed by atoms with E-state index in [-0.39, 0.29) is 6.04 Å². The number of benzene rings is 2. The van der Waals surface area contributed by atoms with Gasteiger partial charge in [0.1, 0.15) is 5.69 Å². The lowest BCUT2D eigenvalue weighted by Gasteiger charge is -2.38. The van der Waals surface area contributed by atoms with Gasteiger partial charge in [0.15, 0.2) is 0 Å². The number of hydrogen-bond donors (Lipinski definition) is 0. The molecule has 5 nitrogen and oxygen atoms in total. The van der Waals surface area contributed by atoms with Gasteiger partial charge in [0.25, 0.3) is 0 Å². The van der Waals surface area contributed by atoms with Crippen LogP contribution in [0.1, 0.15) is 98.5 Å². The molecule has 47 heavy (non-hydrogen) atoms. The number of aromatic nitrogens is 1. The second kappa shape index (κ2) is 16.5. The van der Waals surface area contributed by atoms with E-state index < -0.39 is 0 Å². The first-order valence-electron chi connectivity index (χ1n) is 18.3. The van der Waals surface area contributed by atoms with Crippen LogP contribution in [0.4, 0.5) is 5.88 Å². The molecule has 2 fully saturated rings. The Hall–Kier alpha value is -2.93.